The highest BCUT2D eigenvalue weighted by atomic mass is 19.4. The van der Waals surface area contributed by atoms with Crippen molar-refractivity contribution in [3.63, 3.8) is 0 Å². The zero-order chi connectivity index (χ0) is 28.8. The van der Waals surface area contributed by atoms with Gasteiger partial charge < -0.3 is 10.6 Å². The van der Waals surface area contributed by atoms with Crippen molar-refractivity contribution in [1.82, 2.24) is 20.2 Å². The molecule has 2 heterocycles. The van der Waals surface area contributed by atoms with E-state index in [4.69, 9.17) is 0 Å². The molecule has 5 aliphatic rings. The van der Waals surface area contributed by atoms with Crippen LogP contribution in [0.4, 0.5) is 18.9 Å². The summed E-state index contributed by atoms with van der Waals surface area (Å²) in [5.41, 5.74) is -0.218. The maximum Gasteiger partial charge on any atom is 0.449 e. The second kappa shape index (κ2) is 11.0. The van der Waals surface area contributed by atoms with Crippen molar-refractivity contribution < 1.29 is 22.8 Å². The highest BCUT2D eigenvalue weighted by molar-refractivity contribution is 5.99. The number of aromatic nitrogens is 2. The number of hydrogen-bond acceptors (Lipinski definition) is 6. The van der Waals surface area contributed by atoms with Gasteiger partial charge in [-0.3, -0.25) is 24.3 Å². The second-order valence-electron chi connectivity index (χ2n) is 12.6. The van der Waals surface area contributed by atoms with E-state index in [1.165, 1.54) is 38.2 Å². The van der Waals surface area contributed by atoms with Gasteiger partial charge in [0.05, 0.1) is 10.9 Å². The summed E-state index contributed by atoms with van der Waals surface area (Å²) in [6, 6.07) is 3.10. The number of anilines is 1. The van der Waals surface area contributed by atoms with Gasteiger partial charge in [-0.25, -0.2) is 4.98 Å². The summed E-state index contributed by atoms with van der Waals surface area (Å²) >= 11 is 0. The smallest absolute Gasteiger partial charge is 0.384 e. The summed E-state index contributed by atoms with van der Waals surface area (Å²) in [6.07, 6.45) is 7.01. The number of imide groups is 1. The molecule has 4 aliphatic carbocycles. The first-order chi connectivity index (χ1) is 19.6. The third-order valence-electron chi connectivity index (χ3n) is 9.84. The Balaban J connectivity index is 1.04. The van der Waals surface area contributed by atoms with Crippen molar-refractivity contribution >= 4 is 28.4 Å². The van der Waals surface area contributed by atoms with Gasteiger partial charge in [-0.15, -0.1) is 0 Å². The van der Waals surface area contributed by atoms with E-state index in [1.807, 2.05) is 5.32 Å². The summed E-state index contributed by atoms with van der Waals surface area (Å²) in [4.78, 5) is 41.2. The predicted molar refractivity (Wildman–Crippen MR) is 148 cm³/mol. The molecule has 2 aromatic rings. The van der Waals surface area contributed by atoms with Gasteiger partial charge in [0.2, 0.25) is 17.6 Å². The Morgan fingerprint density at radius 3 is 2.39 bits per heavy atom. The van der Waals surface area contributed by atoms with Gasteiger partial charge in [0.25, 0.3) is 5.56 Å². The number of halogens is 3. The number of amides is 2. The largest absolute Gasteiger partial charge is 0.449 e. The monoisotopic (exact) mass is 573 g/mol. The zero-order valence-electron chi connectivity index (χ0n) is 23.2. The first-order valence-electron chi connectivity index (χ1n) is 15.1. The Morgan fingerprint density at radius 2 is 1.68 bits per heavy atom. The fraction of sp³-hybridized carbons (Fsp3) is 0.667. The standard InChI is InChI=1S/C30H38F3N5O3/c31-30(32,33)28-36-22-8-6-7-21(25(22)27(41)38(28)23-9-10-24(39)37-26(23)40)34-11-4-2-1-3-5-12-35-29-16-18-13-19(17-29)15-20(29)14-18/h6-8,18-20,23,34-35H,1-5,9-17H2,(H,37,39,40)/t18?,19?,20?,23-,29?/m1/s1. The summed E-state index contributed by atoms with van der Waals surface area (Å²) in [7, 11) is 0. The van der Waals surface area contributed by atoms with Crippen LogP contribution in [-0.2, 0) is 15.8 Å². The molecule has 1 aliphatic heterocycles. The Bertz CT molecular complexity index is 1380. The van der Waals surface area contributed by atoms with Crippen LogP contribution < -0.4 is 21.5 Å². The number of carbonyl (C=O) groups excluding carboxylic acids is 2. The highest BCUT2D eigenvalue weighted by Gasteiger charge is 2.57. The average molecular weight is 574 g/mol. The molecule has 2 unspecified atom stereocenters. The number of rotatable bonds is 11. The lowest BCUT2D eigenvalue weighted by molar-refractivity contribution is -0.150. The Hall–Kier alpha value is -2.95. The molecule has 4 bridgehead atoms. The van der Waals surface area contributed by atoms with Crippen LogP contribution in [0, 0.1) is 17.8 Å². The van der Waals surface area contributed by atoms with E-state index in [0.717, 1.165) is 56.4 Å². The van der Waals surface area contributed by atoms with Crippen LogP contribution in [0.15, 0.2) is 23.0 Å². The van der Waals surface area contributed by atoms with E-state index < -0.39 is 35.4 Å². The van der Waals surface area contributed by atoms with Crippen molar-refractivity contribution in [2.45, 2.75) is 94.8 Å². The van der Waals surface area contributed by atoms with Crippen molar-refractivity contribution in [1.29, 1.82) is 0 Å². The van der Waals surface area contributed by atoms with E-state index in [1.54, 1.807) is 12.1 Å². The molecule has 1 aromatic carbocycles. The minimum Gasteiger partial charge on any atom is -0.384 e. The van der Waals surface area contributed by atoms with Crippen LogP contribution in [0.5, 0.6) is 0 Å². The van der Waals surface area contributed by atoms with E-state index >= 15 is 0 Å². The van der Waals surface area contributed by atoms with Crippen LogP contribution in [0.3, 0.4) is 0 Å². The van der Waals surface area contributed by atoms with Crippen LogP contribution >= 0.6 is 0 Å². The van der Waals surface area contributed by atoms with Crippen molar-refractivity contribution in [2.75, 3.05) is 18.4 Å². The van der Waals surface area contributed by atoms with Gasteiger partial charge in [0.15, 0.2) is 0 Å². The van der Waals surface area contributed by atoms with Gasteiger partial charge in [-0.05, 0) is 87.8 Å². The molecule has 2 amide bonds. The lowest BCUT2D eigenvalue weighted by atomic mass is 9.80. The first-order valence-corrected chi connectivity index (χ1v) is 15.1. The number of fused-ring (bicyclic) bond motifs is 1. The topological polar surface area (TPSA) is 105 Å². The van der Waals surface area contributed by atoms with Crippen molar-refractivity contribution in [2.24, 2.45) is 17.8 Å². The number of carbonyl (C=O) groups is 2. The molecule has 1 aromatic heterocycles. The van der Waals surface area contributed by atoms with E-state index in [-0.39, 0.29) is 23.7 Å². The zero-order valence-corrected chi connectivity index (χ0v) is 23.2. The third-order valence-corrected chi connectivity index (χ3v) is 9.84. The summed E-state index contributed by atoms with van der Waals surface area (Å²) in [5.74, 6) is -0.140. The first kappa shape index (κ1) is 28.2. The number of nitrogens with zero attached hydrogens (tertiary/aromatic N) is 2. The van der Waals surface area contributed by atoms with Gasteiger partial charge in [-0.1, -0.05) is 25.3 Å². The molecule has 0 radical (unpaired) electrons. The number of piperidine rings is 1. The molecular weight excluding hydrogens is 535 g/mol. The van der Waals surface area contributed by atoms with Crippen molar-refractivity contribution in [3.05, 3.63) is 34.4 Å². The molecule has 5 fully saturated rings. The Kier molecular flexibility index (Phi) is 7.59. The molecule has 222 valence electrons. The van der Waals surface area contributed by atoms with E-state index in [9.17, 15) is 27.6 Å². The molecule has 4 saturated carbocycles. The van der Waals surface area contributed by atoms with Crippen LogP contribution in [-0.4, -0.2) is 40.0 Å². The molecule has 41 heavy (non-hydrogen) atoms. The fourth-order valence-electron chi connectivity index (χ4n) is 8.23. The van der Waals surface area contributed by atoms with Crippen LogP contribution in [0.25, 0.3) is 10.9 Å². The molecule has 8 nitrogen and oxygen atoms in total. The highest BCUT2D eigenvalue weighted by Crippen LogP contribution is 2.60. The lowest BCUT2D eigenvalue weighted by Gasteiger charge is -2.34. The van der Waals surface area contributed by atoms with Crippen molar-refractivity contribution in [3.8, 4) is 0 Å². The molecular formula is C30H38F3N5O3. The predicted octanol–water partition coefficient (Wildman–Crippen LogP) is 4.92. The number of unbranched alkanes of at least 4 members (excludes halogenated alkanes) is 4. The minimum atomic E-state index is -4.95. The lowest BCUT2D eigenvalue weighted by Crippen LogP contribution is -2.46. The number of hydrogen-bond donors (Lipinski definition) is 3. The summed E-state index contributed by atoms with van der Waals surface area (Å²) in [5, 5.41) is 9.20. The fourth-order valence-corrected chi connectivity index (χ4v) is 8.23. The molecule has 7 rings (SSSR count). The van der Waals surface area contributed by atoms with E-state index in [2.05, 4.69) is 15.6 Å². The van der Waals surface area contributed by atoms with Gasteiger partial charge in [-0.2, -0.15) is 13.2 Å². The second-order valence-corrected chi connectivity index (χ2v) is 12.6. The minimum absolute atomic E-state index is 0.00501. The van der Waals surface area contributed by atoms with Gasteiger partial charge >= 0.3 is 6.18 Å². The third kappa shape index (κ3) is 5.49. The Labute approximate surface area is 236 Å². The average Bonchev–Trinajstić information content (AvgIpc) is 3.30. The summed E-state index contributed by atoms with van der Waals surface area (Å²) in [6.45, 7) is 1.64. The molecule has 3 atom stereocenters. The molecule has 11 heteroatoms. The number of nitrogens with one attached hydrogen (secondary N) is 3. The number of alkyl halides is 3. The quantitative estimate of drug-likeness (QED) is 0.260. The molecule has 1 saturated heterocycles. The maximum absolute atomic E-state index is 13.9. The molecule has 0 spiro atoms. The molecule has 3 N–H and O–H groups in total. The SMILES string of the molecule is O=C1CC[C@@H](n2c(C(F)(F)F)nc3cccc(NCCCCCCCNC45CC6CC(CC4C6)C5)c3c2=O)C(=O)N1. The van der Waals surface area contributed by atoms with Gasteiger partial charge in [0, 0.05) is 24.2 Å². The van der Waals surface area contributed by atoms with Crippen LogP contribution in [0.1, 0.15) is 88.9 Å². The Morgan fingerprint density at radius 1 is 0.976 bits per heavy atom. The van der Waals surface area contributed by atoms with Crippen LogP contribution in [0.2, 0.25) is 0 Å². The van der Waals surface area contributed by atoms with Gasteiger partial charge in [0.1, 0.15) is 6.04 Å². The number of benzene rings is 1. The summed E-state index contributed by atoms with van der Waals surface area (Å²) < 4.78 is 42.2. The van der Waals surface area contributed by atoms with E-state index in [0.29, 0.717) is 22.3 Å². The maximum atomic E-state index is 13.9. The normalized spacial score (nSPS) is 29.0.